The summed E-state index contributed by atoms with van der Waals surface area (Å²) in [6.45, 7) is 5.44. The summed E-state index contributed by atoms with van der Waals surface area (Å²) in [5, 5.41) is 12.1. The third-order valence-corrected chi connectivity index (χ3v) is 5.37. The zero-order valence-corrected chi connectivity index (χ0v) is 11.9. The van der Waals surface area contributed by atoms with Crippen molar-refractivity contribution in [2.45, 2.75) is 24.8 Å². The lowest BCUT2D eigenvalue weighted by molar-refractivity contribution is 0.284. The van der Waals surface area contributed by atoms with Gasteiger partial charge in [-0.15, -0.1) is 0 Å². The summed E-state index contributed by atoms with van der Waals surface area (Å²) < 4.78 is 26.6. The monoisotopic (exact) mass is 279 g/mol. The fourth-order valence-electron chi connectivity index (χ4n) is 2.24. The van der Waals surface area contributed by atoms with Gasteiger partial charge >= 0.3 is 0 Å². The summed E-state index contributed by atoms with van der Waals surface area (Å²) in [6, 6.07) is 6.63. The van der Waals surface area contributed by atoms with Crippen LogP contribution in [0.2, 0.25) is 0 Å². The number of nitrogens with zero attached hydrogens (tertiary/aromatic N) is 2. The standard InChI is InChI=1S/C13H17N3O2S/c1-10-7-13(4-3-12(10)8-14)19(17,18)16-6-5-15-9-11(16)2/h3-4,7,11,15H,5-6,9H2,1-2H3/t11-/m1/s1. The van der Waals surface area contributed by atoms with Crippen LogP contribution >= 0.6 is 0 Å². The molecule has 1 saturated heterocycles. The molecule has 1 aromatic rings. The summed E-state index contributed by atoms with van der Waals surface area (Å²) >= 11 is 0. The van der Waals surface area contributed by atoms with E-state index in [0.29, 0.717) is 30.8 Å². The number of hydrogen-bond donors (Lipinski definition) is 1. The minimum atomic E-state index is -3.47. The number of hydrogen-bond acceptors (Lipinski definition) is 4. The molecule has 102 valence electrons. The van der Waals surface area contributed by atoms with Gasteiger partial charge in [-0.2, -0.15) is 9.57 Å². The van der Waals surface area contributed by atoms with Gasteiger partial charge < -0.3 is 5.32 Å². The van der Waals surface area contributed by atoms with E-state index >= 15 is 0 Å². The maximum atomic E-state index is 12.6. The van der Waals surface area contributed by atoms with Gasteiger partial charge in [-0.25, -0.2) is 8.42 Å². The molecule has 0 radical (unpaired) electrons. The van der Waals surface area contributed by atoms with Gasteiger partial charge in [0.1, 0.15) is 0 Å². The fraction of sp³-hybridized carbons (Fsp3) is 0.462. The zero-order chi connectivity index (χ0) is 14.0. The molecule has 1 N–H and O–H groups in total. The molecule has 0 amide bonds. The molecule has 1 aliphatic heterocycles. The third-order valence-electron chi connectivity index (χ3n) is 3.37. The van der Waals surface area contributed by atoms with Gasteiger partial charge in [-0.05, 0) is 37.6 Å². The minimum Gasteiger partial charge on any atom is -0.314 e. The van der Waals surface area contributed by atoms with Crippen molar-refractivity contribution in [3.63, 3.8) is 0 Å². The highest BCUT2D eigenvalue weighted by molar-refractivity contribution is 7.89. The summed E-state index contributed by atoms with van der Waals surface area (Å²) in [5.41, 5.74) is 1.19. The van der Waals surface area contributed by atoms with Gasteiger partial charge in [-0.1, -0.05) is 0 Å². The van der Waals surface area contributed by atoms with Gasteiger partial charge in [0.15, 0.2) is 0 Å². The Balaban J connectivity index is 2.39. The van der Waals surface area contributed by atoms with Crippen LogP contribution in [-0.4, -0.2) is 38.4 Å². The van der Waals surface area contributed by atoms with Crippen LogP contribution in [0.1, 0.15) is 18.1 Å². The molecule has 0 bridgehead atoms. The average Bonchev–Trinajstić information content (AvgIpc) is 2.39. The van der Waals surface area contributed by atoms with E-state index in [-0.39, 0.29) is 10.9 Å². The lowest BCUT2D eigenvalue weighted by Crippen LogP contribution is -2.52. The Bertz CT molecular complexity index is 619. The molecular weight excluding hydrogens is 262 g/mol. The number of benzene rings is 1. The largest absolute Gasteiger partial charge is 0.314 e. The summed E-state index contributed by atoms with van der Waals surface area (Å²) in [7, 11) is -3.47. The molecule has 1 aliphatic rings. The van der Waals surface area contributed by atoms with Crippen LogP contribution in [0.25, 0.3) is 0 Å². The predicted molar refractivity (Wildman–Crippen MR) is 72.1 cm³/mol. The fourth-order valence-corrected chi connectivity index (χ4v) is 3.95. The van der Waals surface area contributed by atoms with Crippen molar-refractivity contribution < 1.29 is 8.42 Å². The first kappa shape index (κ1) is 14.0. The van der Waals surface area contributed by atoms with E-state index < -0.39 is 10.0 Å². The second-order valence-electron chi connectivity index (χ2n) is 4.76. The molecular formula is C13H17N3O2S. The van der Waals surface area contributed by atoms with Crippen molar-refractivity contribution in [2.24, 2.45) is 0 Å². The molecule has 0 unspecified atom stereocenters. The second kappa shape index (κ2) is 5.29. The Hall–Kier alpha value is -1.42. The highest BCUT2D eigenvalue weighted by Crippen LogP contribution is 2.21. The molecule has 2 rings (SSSR count). The van der Waals surface area contributed by atoms with Gasteiger partial charge in [-0.3, -0.25) is 0 Å². The molecule has 0 spiro atoms. The van der Waals surface area contributed by atoms with Crippen LogP contribution in [-0.2, 0) is 10.0 Å². The number of rotatable bonds is 2. The predicted octanol–water partition coefficient (Wildman–Crippen LogP) is 0.849. The number of nitrogens with one attached hydrogen (secondary N) is 1. The third kappa shape index (κ3) is 2.63. The summed E-state index contributed by atoms with van der Waals surface area (Å²) in [6.07, 6.45) is 0. The average molecular weight is 279 g/mol. The van der Waals surface area contributed by atoms with Crippen LogP contribution in [0.15, 0.2) is 23.1 Å². The molecule has 0 aromatic heterocycles. The second-order valence-corrected chi connectivity index (χ2v) is 6.65. The number of piperazine rings is 1. The minimum absolute atomic E-state index is 0.0605. The lowest BCUT2D eigenvalue weighted by Gasteiger charge is -2.32. The molecule has 19 heavy (non-hydrogen) atoms. The highest BCUT2D eigenvalue weighted by atomic mass is 32.2. The number of nitriles is 1. The van der Waals surface area contributed by atoms with Crippen molar-refractivity contribution in [1.82, 2.24) is 9.62 Å². The van der Waals surface area contributed by atoms with E-state index in [1.807, 2.05) is 13.0 Å². The van der Waals surface area contributed by atoms with Gasteiger partial charge in [0, 0.05) is 25.7 Å². The van der Waals surface area contributed by atoms with Crippen LogP contribution in [0.3, 0.4) is 0 Å². The molecule has 1 fully saturated rings. The normalized spacial score (nSPS) is 21.0. The first-order valence-electron chi connectivity index (χ1n) is 6.20. The lowest BCUT2D eigenvalue weighted by atomic mass is 10.1. The van der Waals surface area contributed by atoms with E-state index in [2.05, 4.69) is 5.32 Å². The summed E-state index contributed by atoms with van der Waals surface area (Å²) in [5.74, 6) is 0. The molecule has 0 aliphatic carbocycles. The summed E-state index contributed by atoms with van der Waals surface area (Å²) in [4.78, 5) is 0.262. The Morgan fingerprint density at radius 2 is 2.21 bits per heavy atom. The molecule has 6 heteroatoms. The van der Waals surface area contributed by atoms with Crippen LogP contribution in [0.5, 0.6) is 0 Å². The van der Waals surface area contributed by atoms with E-state index in [4.69, 9.17) is 5.26 Å². The smallest absolute Gasteiger partial charge is 0.243 e. The molecule has 1 heterocycles. The maximum absolute atomic E-state index is 12.6. The van der Waals surface area contributed by atoms with Crippen molar-refractivity contribution in [2.75, 3.05) is 19.6 Å². The van der Waals surface area contributed by atoms with E-state index in [1.54, 1.807) is 19.1 Å². The Morgan fingerprint density at radius 3 is 2.79 bits per heavy atom. The van der Waals surface area contributed by atoms with Crippen molar-refractivity contribution in [1.29, 1.82) is 5.26 Å². The molecule has 5 nitrogen and oxygen atoms in total. The van der Waals surface area contributed by atoms with Crippen LogP contribution in [0, 0.1) is 18.3 Å². The van der Waals surface area contributed by atoms with E-state index in [9.17, 15) is 8.42 Å². The zero-order valence-electron chi connectivity index (χ0n) is 11.0. The van der Waals surface area contributed by atoms with E-state index in [0.717, 1.165) is 0 Å². The van der Waals surface area contributed by atoms with E-state index in [1.165, 1.54) is 10.4 Å². The Kier molecular flexibility index (Phi) is 3.90. The maximum Gasteiger partial charge on any atom is 0.243 e. The molecule has 0 saturated carbocycles. The quantitative estimate of drug-likeness (QED) is 0.871. The number of aryl methyl sites for hydroxylation is 1. The first-order chi connectivity index (χ1) is 8.96. The Labute approximate surface area is 113 Å². The Morgan fingerprint density at radius 1 is 1.47 bits per heavy atom. The highest BCUT2D eigenvalue weighted by Gasteiger charge is 2.30. The van der Waals surface area contributed by atoms with Crippen LogP contribution < -0.4 is 5.32 Å². The molecule has 1 aromatic carbocycles. The molecule has 1 atom stereocenters. The van der Waals surface area contributed by atoms with Gasteiger partial charge in [0.05, 0.1) is 16.5 Å². The van der Waals surface area contributed by atoms with Gasteiger partial charge in [0.2, 0.25) is 10.0 Å². The van der Waals surface area contributed by atoms with Crippen molar-refractivity contribution in [3.05, 3.63) is 29.3 Å². The first-order valence-corrected chi connectivity index (χ1v) is 7.64. The van der Waals surface area contributed by atoms with Crippen molar-refractivity contribution >= 4 is 10.0 Å². The topological polar surface area (TPSA) is 73.2 Å². The van der Waals surface area contributed by atoms with Crippen molar-refractivity contribution in [3.8, 4) is 6.07 Å². The SMILES string of the molecule is Cc1cc(S(=O)(=O)N2CCNC[C@H]2C)ccc1C#N. The van der Waals surface area contributed by atoms with Gasteiger partial charge in [0.25, 0.3) is 0 Å². The van der Waals surface area contributed by atoms with Crippen LogP contribution in [0.4, 0.5) is 0 Å². The number of sulfonamides is 1.